The molecule has 0 aliphatic carbocycles. The molecule has 6 heteroatoms. The minimum absolute atomic E-state index is 0.0634. The summed E-state index contributed by atoms with van der Waals surface area (Å²) in [5.74, 6) is 0.255. The van der Waals surface area contributed by atoms with Crippen molar-refractivity contribution in [2.45, 2.75) is 33.3 Å². The summed E-state index contributed by atoms with van der Waals surface area (Å²) in [5.41, 5.74) is 1.24. The van der Waals surface area contributed by atoms with E-state index < -0.39 is 11.7 Å². The van der Waals surface area contributed by atoms with E-state index in [1.807, 2.05) is 6.92 Å². The van der Waals surface area contributed by atoms with Crippen LogP contribution in [0.3, 0.4) is 0 Å². The number of ketones is 1. The van der Waals surface area contributed by atoms with Crippen LogP contribution in [0.15, 0.2) is 18.3 Å². The Kier molecular flexibility index (Phi) is 4.99. The third-order valence-electron chi connectivity index (χ3n) is 3.49. The molecule has 0 N–H and O–H groups in total. The van der Waals surface area contributed by atoms with Crippen molar-refractivity contribution in [3.63, 3.8) is 0 Å². The van der Waals surface area contributed by atoms with Crippen LogP contribution in [0.5, 0.6) is 5.75 Å². The summed E-state index contributed by atoms with van der Waals surface area (Å²) in [6.45, 7) is 7.21. The molecule has 0 bridgehead atoms. The van der Waals surface area contributed by atoms with Crippen molar-refractivity contribution >= 4 is 22.8 Å². The highest BCUT2D eigenvalue weighted by atomic mass is 16.6. The van der Waals surface area contributed by atoms with E-state index in [0.29, 0.717) is 22.2 Å². The van der Waals surface area contributed by atoms with Crippen molar-refractivity contribution < 1.29 is 23.8 Å². The molecule has 0 aliphatic heterocycles. The summed E-state index contributed by atoms with van der Waals surface area (Å²) in [4.78, 5) is 24.9. The fourth-order valence-corrected chi connectivity index (χ4v) is 2.62. The second-order valence-corrected chi connectivity index (χ2v) is 6.56. The molecule has 2 aromatic rings. The van der Waals surface area contributed by atoms with E-state index in [0.717, 1.165) is 5.56 Å². The zero-order chi connectivity index (χ0) is 18.1. The standard InChI is InChI=1S/C18H23NO5/c1-11-9-14(23-6)15(13(20)10-22-5)12-7-8-19(16(11)12)17(21)24-18(2,3)4/h7-9H,10H2,1-6H3. The lowest BCUT2D eigenvalue weighted by atomic mass is 10.0. The number of carbonyl (C=O) groups excluding carboxylic acids is 2. The van der Waals surface area contributed by atoms with Gasteiger partial charge in [0, 0.05) is 18.7 Å². The summed E-state index contributed by atoms with van der Waals surface area (Å²) in [5, 5.41) is 0.639. The first-order valence-corrected chi connectivity index (χ1v) is 7.63. The fourth-order valence-electron chi connectivity index (χ4n) is 2.62. The molecule has 0 amide bonds. The normalized spacial score (nSPS) is 11.6. The summed E-state index contributed by atoms with van der Waals surface area (Å²) in [6.07, 6.45) is 1.12. The molecule has 0 unspecified atom stereocenters. The Hall–Kier alpha value is -2.34. The van der Waals surface area contributed by atoms with Crippen LogP contribution in [0.2, 0.25) is 0 Å². The SMILES string of the molecule is COCC(=O)c1c(OC)cc(C)c2c1ccn2C(=O)OC(C)(C)C. The Balaban J connectivity index is 2.66. The number of aryl methyl sites for hydroxylation is 1. The largest absolute Gasteiger partial charge is 0.496 e. The summed E-state index contributed by atoms with van der Waals surface area (Å²) < 4.78 is 17.2. The van der Waals surface area contributed by atoms with Gasteiger partial charge in [-0.1, -0.05) is 0 Å². The number of hydrogen-bond acceptors (Lipinski definition) is 5. The quantitative estimate of drug-likeness (QED) is 0.800. The summed E-state index contributed by atoms with van der Waals surface area (Å²) in [6, 6.07) is 3.46. The van der Waals surface area contributed by atoms with Gasteiger partial charge in [-0.2, -0.15) is 0 Å². The predicted molar refractivity (Wildman–Crippen MR) is 91.1 cm³/mol. The smallest absolute Gasteiger partial charge is 0.419 e. The lowest BCUT2D eigenvalue weighted by Crippen LogP contribution is -2.26. The molecule has 6 nitrogen and oxygen atoms in total. The van der Waals surface area contributed by atoms with Gasteiger partial charge in [0.25, 0.3) is 0 Å². The minimum atomic E-state index is -0.608. The Morgan fingerprint density at radius 2 is 1.88 bits per heavy atom. The molecular weight excluding hydrogens is 310 g/mol. The lowest BCUT2D eigenvalue weighted by molar-refractivity contribution is 0.0544. The molecule has 0 saturated carbocycles. The first-order valence-electron chi connectivity index (χ1n) is 7.63. The zero-order valence-corrected chi connectivity index (χ0v) is 14.9. The van der Waals surface area contributed by atoms with Crippen molar-refractivity contribution in [1.82, 2.24) is 4.57 Å². The number of methoxy groups -OCH3 is 2. The predicted octanol–water partition coefficient (Wildman–Crippen LogP) is 3.57. The maximum absolute atomic E-state index is 12.4. The van der Waals surface area contributed by atoms with Crippen molar-refractivity contribution in [2.24, 2.45) is 0 Å². The third-order valence-corrected chi connectivity index (χ3v) is 3.49. The maximum atomic E-state index is 12.4. The Morgan fingerprint density at radius 3 is 2.42 bits per heavy atom. The van der Waals surface area contributed by atoms with Gasteiger partial charge in [0.2, 0.25) is 0 Å². The average molecular weight is 333 g/mol. The van der Waals surface area contributed by atoms with Crippen LogP contribution in [0.25, 0.3) is 10.9 Å². The molecule has 0 fully saturated rings. The highest BCUT2D eigenvalue weighted by Crippen LogP contribution is 2.32. The van der Waals surface area contributed by atoms with Gasteiger partial charge in [0.05, 0.1) is 18.2 Å². The van der Waals surface area contributed by atoms with Crippen molar-refractivity contribution in [2.75, 3.05) is 20.8 Å². The Morgan fingerprint density at radius 1 is 1.21 bits per heavy atom. The van der Waals surface area contributed by atoms with Gasteiger partial charge in [-0.15, -0.1) is 0 Å². The summed E-state index contributed by atoms with van der Waals surface area (Å²) in [7, 11) is 2.97. The molecule has 0 atom stereocenters. The van der Waals surface area contributed by atoms with Crippen LogP contribution in [0.4, 0.5) is 4.79 Å². The molecule has 0 aliphatic rings. The molecule has 1 heterocycles. The minimum Gasteiger partial charge on any atom is -0.496 e. The van der Waals surface area contributed by atoms with Crippen molar-refractivity contribution in [1.29, 1.82) is 0 Å². The highest BCUT2D eigenvalue weighted by molar-refractivity contribution is 6.12. The molecule has 24 heavy (non-hydrogen) atoms. The molecular formula is C18H23NO5. The van der Waals surface area contributed by atoms with Gasteiger partial charge < -0.3 is 14.2 Å². The molecule has 1 aromatic carbocycles. The van der Waals surface area contributed by atoms with Gasteiger partial charge >= 0.3 is 6.09 Å². The van der Waals surface area contributed by atoms with E-state index >= 15 is 0 Å². The molecule has 0 saturated heterocycles. The Bertz CT molecular complexity index is 783. The maximum Gasteiger partial charge on any atom is 0.419 e. The monoisotopic (exact) mass is 333 g/mol. The van der Waals surface area contributed by atoms with E-state index in [1.54, 1.807) is 39.1 Å². The zero-order valence-electron chi connectivity index (χ0n) is 14.9. The van der Waals surface area contributed by atoms with Gasteiger partial charge in [0.1, 0.15) is 18.0 Å². The number of hydrogen-bond donors (Lipinski definition) is 0. The number of nitrogens with zero attached hydrogens (tertiary/aromatic N) is 1. The van der Waals surface area contributed by atoms with Crippen LogP contribution >= 0.6 is 0 Å². The number of rotatable bonds is 4. The number of fused-ring (bicyclic) bond motifs is 1. The second kappa shape index (κ2) is 6.65. The van der Waals surface area contributed by atoms with E-state index in [9.17, 15) is 9.59 Å². The second-order valence-electron chi connectivity index (χ2n) is 6.56. The number of benzene rings is 1. The number of carbonyl (C=O) groups is 2. The first kappa shape index (κ1) is 18.0. The number of aromatic nitrogens is 1. The summed E-state index contributed by atoms with van der Waals surface area (Å²) >= 11 is 0. The molecule has 0 spiro atoms. The molecule has 1 aromatic heterocycles. The van der Waals surface area contributed by atoms with E-state index in [-0.39, 0.29) is 12.4 Å². The van der Waals surface area contributed by atoms with E-state index in [2.05, 4.69) is 0 Å². The van der Waals surface area contributed by atoms with Gasteiger partial charge in [-0.05, 0) is 45.4 Å². The topological polar surface area (TPSA) is 66.8 Å². The average Bonchev–Trinajstić information content (AvgIpc) is 2.90. The van der Waals surface area contributed by atoms with E-state index in [4.69, 9.17) is 14.2 Å². The van der Waals surface area contributed by atoms with E-state index in [1.165, 1.54) is 18.8 Å². The van der Waals surface area contributed by atoms with Crippen LogP contribution in [0.1, 0.15) is 36.7 Å². The van der Waals surface area contributed by atoms with Crippen LogP contribution in [-0.4, -0.2) is 42.9 Å². The molecule has 130 valence electrons. The Labute approximate surface area is 141 Å². The molecule has 0 radical (unpaired) electrons. The van der Waals surface area contributed by atoms with Crippen LogP contribution in [-0.2, 0) is 9.47 Å². The van der Waals surface area contributed by atoms with Crippen molar-refractivity contribution in [3.8, 4) is 5.75 Å². The van der Waals surface area contributed by atoms with Gasteiger partial charge in [-0.25, -0.2) is 4.79 Å². The van der Waals surface area contributed by atoms with Gasteiger partial charge in [0.15, 0.2) is 5.78 Å². The third kappa shape index (κ3) is 3.43. The molecule has 2 rings (SSSR count). The number of ether oxygens (including phenoxy) is 3. The van der Waals surface area contributed by atoms with Gasteiger partial charge in [-0.3, -0.25) is 9.36 Å². The van der Waals surface area contributed by atoms with Crippen molar-refractivity contribution in [3.05, 3.63) is 29.5 Å². The lowest BCUT2D eigenvalue weighted by Gasteiger charge is -2.20. The fraction of sp³-hybridized carbons (Fsp3) is 0.444. The highest BCUT2D eigenvalue weighted by Gasteiger charge is 2.24. The number of Topliss-reactive ketones (excluding diaryl/α,β-unsaturated/α-hetero) is 1. The first-order chi connectivity index (χ1) is 11.2. The van der Waals surface area contributed by atoms with Crippen LogP contribution < -0.4 is 4.74 Å². The van der Waals surface area contributed by atoms with Crippen LogP contribution in [0, 0.1) is 6.92 Å².